The van der Waals surface area contributed by atoms with E-state index in [1.54, 1.807) is 11.9 Å². The third-order valence-corrected chi connectivity index (χ3v) is 4.45. The van der Waals surface area contributed by atoms with Crippen LogP contribution in [0.3, 0.4) is 0 Å². The molecule has 1 aliphatic heterocycles. The Hall–Kier alpha value is -1.65. The third-order valence-electron chi connectivity index (χ3n) is 3.67. The lowest BCUT2D eigenvalue weighted by Gasteiger charge is -2.20. The summed E-state index contributed by atoms with van der Waals surface area (Å²) >= 11 is 9.36. The van der Waals surface area contributed by atoms with Gasteiger partial charge in [0.05, 0.1) is 11.8 Å². The van der Waals surface area contributed by atoms with Gasteiger partial charge in [0.1, 0.15) is 0 Å². The number of nitrogens with zero attached hydrogens (tertiary/aromatic N) is 2. The maximum atomic E-state index is 11.9. The molecule has 5 heteroatoms. The normalized spacial score (nSPS) is 17.5. The Morgan fingerprint density at radius 2 is 1.82 bits per heavy atom. The monoisotopic (exact) mass is 376 g/mol. The van der Waals surface area contributed by atoms with E-state index in [4.69, 9.17) is 11.6 Å². The maximum absolute atomic E-state index is 11.9. The van der Waals surface area contributed by atoms with E-state index in [0.717, 1.165) is 21.3 Å². The molecule has 0 radical (unpaired) electrons. The first kappa shape index (κ1) is 15.3. The van der Waals surface area contributed by atoms with Gasteiger partial charge in [-0.2, -0.15) is 5.10 Å². The van der Waals surface area contributed by atoms with Crippen LogP contribution in [0.5, 0.6) is 0 Å². The Kier molecular flexibility index (Phi) is 4.32. The van der Waals surface area contributed by atoms with E-state index in [2.05, 4.69) is 21.0 Å². The first-order valence-corrected chi connectivity index (χ1v) is 8.10. The highest BCUT2D eigenvalue weighted by atomic mass is 79.9. The lowest BCUT2D eigenvalue weighted by Crippen LogP contribution is -2.24. The molecule has 2 aromatic carbocycles. The van der Waals surface area contributed by atoms with Crippen molar-refractivity contribution in [3.8, 4) is 0 Å². The second-order valence-electron chi connectivity index (χ2n) is 5.19. The molecule has 0 fully saturated rings. The van der Waals surface area contributed by atoms with Gasteiger partial charge in [-0.3, -0.25) is 4.79 Å². The summed E-state index contributed by atoms with van der Waals surface area (Å²) in [4.78, 5) is 11.9. The van der Waals surface area contributed by atoms with E-state index in [1.807, 2.05) is 48.5 Å². The van der Waals surface area contributed by atoms with Crippen LogP contribution in [-0.2, 0) is 4.79 Å². The number of hydrogen-bond acceptors (Lipinski definition) is 2. The van der Waals surface area contributed by atoms with Crippen molar-refractivity contribution in [3.63, 3.8) is 0 Å². The van der Waals surface area contributed by atoms with Crippen molar-refractivity contribution in [3.05, 3.63) is 69.2 Å². The number of hydrogen-bond donors (Lipinski definition) is 0. The smallest absolute Gasteiger partial charge is 0.240 e. The van der Waals surface area contributed by atoms with Gasteiger partial charge in [-0.1, -0.05) is 51.8 Å². The minimum absolute atomic E-state index is 0.0584. The second-order valence-corrected chi connectivity index (χ2v) is 6.54. The number of carbonyl (C=O) groups is 1. The molecule has 0 bridgehead atoms. The summed E-state index contributed by atoms with van der Waals surface area (Å²) in [6.07, 6.45) is 0.697. The van der Waals surface area contributed by atoms with E-state index in [1.165, 1.54) is 0 Å². The molecule has 0 saturated carbocycles. The molecule has 0 spiro atoms. The molecule has 2 aromatic rings. The summed E-state index contributed by atoms with van der Waals surface area (Å²) in [6.45, 7) is 1.54. The van der Waals surface area contributed by atoms with Crippen molar-refractivity contribution in [2.45, 2.75) is 19.4 Å². The average Bonchev–Trinajstić information content (AvgIpc) is 2.94. The number of benzene rings is 2. The quantitative estimate of drug-likeness (QED) is 0.740. The fourth-order valence-corrected chi connectivity index (χ4v) is 2.95. The Balaban J connectivity index is 1.92. The largest absolute Gasteiger partial charge is 0.273 e. The molecule has 22 heavy (non-hydrogen) atoms. The van der Waals surface area contributed by atoms with Crippen molar-refractivity contribution in [1.29, 1.82) is 0 Å². The Morgan fingerprint density at radius 3 is 2.41 bits per heavy atom. The predicted molar refractivity (Wildman–Crippen MR) is 92.0 cm³/mol. The van der Waals surface area contributed by atoms with Crippen molar-refractivity contribution in [1.82, 2.24) is 5.01 Å². The van der Waals surface area contributed by atoms with Gasteiger partial charge in [-0.05, 0) is 35.4 Å². The highest BCUT2D eigenvalue weighted by molar-refractivity contribution is 9.10. The van der Waals surface area contributed by atoms with Crippen molar-refractivity contribution < 1.29 is 4.79 Å². The topological polar surface area (TPSA) is 32.7 Å². The number of amides is 1. The van der Waals surface area contributed by atoms with Gasteiger partial charge in [0.2, 0.25) is 5.91 Å². The minimum Gasteiger partial charge on any atom is -0.273 e. The van der Waals surface area contributed by atoms with Crippen LogP contribution in [0.1, 0.15) is 30.5 Å². The zero-order valence-electron chi connectivity index (χ0n) is 12.0. The zero-order chi connectivity index (χ0) is 15.7. The summed E-state index contributed by atoms with van der Waals surface area (Å²) < 4.78 is 1.02. The SMILES string of the molecule is CC(=O)N1N=C(c2ccc(Cl)cc2)C[C@@H]1c1ccc(Br)cc1. The van der Waals surface area contributed by atoms with Crippen molar-refractivity contribution in [2.24, 2.45) is 5.10 Å². The third kappa shape index (κ3) is 3.08. The lowest BCUT2D eigenvalue weighted by molar-refractivity contribution is -0.130. The molecule has 0 aliphatic carbocycles. The van der Waals surface area contributed by atoms with E-state index >= 15 is 0 Å². The van der Waals surface area contributed by atoms with E-state index in [9.17, 15) is 4.79 Å². The van der Waals surface area contributed by atoms with Crippen LogP contribution < -0.4 is 0 Å². The molecule has 1 heterocycles. The fourth-order valence-electron chi connectivity index (χ4n) is 2.56. The molecule has 1 aliphatic rings. The van der Waals surface area contributed by atoms with Crippen LogP contribution in [0.4, 0.5) is 0 Å². The molecule has 1 atom stereocenters. The van der Waals surface area contributed by atoms with Gasteiger partial charge in [-0.25, -0.2) is 5.01 Å². The summed E-state index contributed by atoms with van der Waals surface area (Å²) in [7, 11) is 0. The van der Waals surface area contributed by atoms with E-state index < -0.39 is 0 Å². The first-order valence-electron chi connectivity index (χ1n) is 6.93. The lowest BCUT2D eigenvalue weighted by atomic mass is 9.98. The minimum atomic E-state index is -0.0590. The second kappa shape index (κ2) is 6.23. The van der Waals surface area contributed by atoms with Gasteiger partial charge in [0.15, 0.2) is 0 Å². The summed E-state index contributed by atoms with van der Waals surface area (Å²) in [6, 6.07) is 15.5. The van der Waals surface area contributed by atoms with Gasteiger partial charge in [0, 0.05) is 22.8 Å². The number of hydrazone groups is 1. The molecule has 0 saturated heterocycles. The molecule has 0 aromatic heterocycles. The molecule has 0 N–H and O–H groups in total. The van der Waals surface area contributed by atoms with Crippen LogP contribution in [-0.4, -0.2) is 16.6 Å². The van der Waals surface area contributed by atoms with Crippen molar-refractivity contribution >= 4 is 39.1 Å². The van der Waals surface area contributed by atoms with Crippen LogP contribution in [0.15, 0.2) is 58.1 Å². The van der Waals surface area contributed by atoms with Crippen molar-refractivity contribution in [2.75, 3.05) is 0 Å². The predicted octanol–water partition coefficient (Wildman–Crippen LogP) is 4.80. The van der Waals surface area contributed by atoms with Gasteiger partial charge < -0.3 is 0 Å². The molecule has 112 valence electrons. The molecular formula is C17H14BrClN2O. The molecular weight excluding hydrogens is 364 g/mol. The highest BCUT2D eigenvalue weighted by Crippen LogP contribution is 2.33. The summed E-state index contributed by atoms with van der Waals surface area (Å²) in [5.41, 5.74) is 2.97. The van der Waals surface area contributed by atoms with Crippen LogP contribution in [0.25, 0.3) is 0 Å². The summed E-state index contributed by atoms with van der Waals surface area (Å²) in [5.74, 6) is -0.0584. The Morgan fingerprint density at radius 1 is 1.18 bits per heavy atom. The van der Waals surface area contributed by atoms with Crippen LogP contribution in [0.2, 0.25) is 5.02 Å². The van der Waals surface area contributed by atoms with Gasteiger partial charge >= 0.3 is 0 Å². The number of rotatable bonds is 2. The van der Waals surface area contributed by atoms with E-state index in [0.29, 0.717) is 11.4 Å². The zero-order valence-corrected chi connectivity index (χ0v) is 14.3. The Labute approximate surface area is 142 Å². The fraction of sp³-hybridized carbons (Fsp3) is 0.176. The van der Waals surface area contributed by atoms with E-state index in [-0.39, 0.29) is 11.9 Å². The average molecular weight is 378 g/mol. The molecule has 0 unspecified atom stereocenters. The first-order chi connectivity index (χ1) is 10.5. The van der Waals surface area contributed by atoms with Crippen LogP contribution >= 0.6 is 27.5 Å². The van der Waals surface area contributed by atoms with Crippen LogP contribution in [0, 0.1) is 0 Å². The summed E-state index contributed by atoms with van der Waals surface area (Å²) in [5, 5.41) is 6.77. The maximum Gasteiger partial charge on any atom is 0.240 e. The number of carbonyl (C=O) groups excluding carboxylic acids is 1. The molecule has 3 rings (SSSR count). The number of halogens is 2. The molecule has 1 amide bonds. The van der Waals surface area contributed by atoms with Gasteiger partial charge in [0.25, 0.3) is 0 Å². The standard InChI is InChI=1S/C17H14BrClN2O/c1-11(22)21-17(13-2-6-14(18)7-3-13)10-16(20-21)12-4-8-15(19)9-5-12/h2-9,17H,10H2,1H3/t17-/m1/s1. The Bertz CT molecular complexity index is 725. The molecule has 3 nitrogen and oxygen atoms in total. The highest BCUT2D eigenvalue weighted by Gasteiger charge is 2.31. The van der Waals surface area contributed by atoms with Gasteiger partial charge in [-0.15, -0.1) is 0 Å².